The van der Waals surface area contributed by atoms with Crippen LogP contribution in [-0.2, 0) is 10.2 Å². The predicted octanol–water partition coefficient (Wildman–Crippen LogP) is 3.01. The summed E-state index contributed by atoms with van der Waals surface area (Å²) in [5.74, 6) is 3.46. The van der Waals surface area contributed by atoms with Crippen molar-refractivity contribution in [2.45, 2.75) is 49.5 Å². The highest BCUT2D eigenvalue weighted by atomic mass is 16.5. The van der Waals surface area contributed by atoms with E-state index in [1.54, 1.807) is 0 Å². The lowest BCUT2D eigenvalue weighted by molar-refractivity contribution is 0.0597. The Bertz CT molecular complexity index is 738. The van der Waals surface area contributed by atoms with Gasteiger partial charge in [-0.25, -0.2) is 0 Å². The Morgan fingerprint density at radius 1 is 1.04 bits per heavy atom. The van der Waals surface area contributed by atoms with Gasteiger partial charge in [-0.2, -0.15) is 4.98 Å². The van der Waals surface area contributed by atoms with Gasteiger partial charge >= 0.3 is 0 Å². The maximum absolute atomic E-state index is 6.14. The molecule has 2 N–H and O–H groups in total. The number of benzene rings is 1. The van der Waals surface area contributed by atoms with Gasteiger partial charge in [0.2, 0.25) is 5.89 Å². The SMILES string of the molecule is N[C@@H]1C[C@@H]2CC(c3nc(C4(c5ccccc5)CCOCC4)no3)C[C@@H]21. The second-order valence-corrected chi connectivity index (χ2v) is 8.01. The predicted molar refractivity (Wildman–Crippen MR) is 93.1 cm³/mol. The molecule has 5 nitrogen and oxygen atoms in total. The van der Waals surface area contributed by atoms with Crippen molar-refractivity contribution in [3.8, 4) is 0 Å². The van der Waals surface area contributed by atoms with E-state index in [1.165, 1.54) is 5.56 Å². The molecule has 3 aliphatic rings. The standard InChI is InChI=1S/C20H25N3O2/c21-17-12-13-10-14(11-16(13)17)18-22-19(23-25-18)20(6-8-24-9-7-20)15-4-2-1-3-5-15/h1-5,13-14,16-17H,6-12,21H2/t13-,14?,16-,17+/m0/s1. The number of ether oxygens (including phenoxy) is 1. The molecular weight excluding hydrogens is 314 g/mol. The van der Waals surface area contributed by atoms with Crippen molar-refractivity contribution in [2.24, 2.45) is 17.6 Å². The van der Waals surface area contributed by atoms with Crippen LogP contribution in [0, 0.1) is 11.8 Å². The average Bonchev–Trinajstić information content (AvgIpc) is 3.28. The van der Waals surface area contributed by atoms with Crippen LogP contribution >= 0.6 is 0 Å². The van der Waals surface area contributed by atoms with E-state index < -0.39 is 0 Å². The molecule has 1 aromatic carbocycles. The molecule has 0 bridgehead atoms. The molecule has 0 spiro atoms. The van der Waals surface area contributed by atoms with Gasteiger partial charge in [0.15, 0.2) is 5.82 Å². The fraction of sp³-hybridized carbons (Fsp3) is 0.600. The van der Waals surface area contributed by atoms with Crippen LogP contribution in [0.5, 0.6) is 0 Å². The van der Waals surface area contributed by atoms with Gasteiger partial charge < -0.3 is 15.0 Å². The van der Waals surface area contributed by atoms with Crippen molar-refractivity contribution in [2.75, 3.05) is 13.2 Å². The third-order valence-electron chi connectivity index (χ3n) is 6.77. The fourth-order valence-corrected chi connectivity index (χ4v) is 5.20. The van der Waals surface area contributed by atoms with E-state index in [0.717, 1.165) is 63.0 Å². The highest BCUT2D eigenvalue weighted by Gasteiger charge is 2.48. The molecule has 0 radical (unpaired) electrons. The van der Waals surface area contributed by atoms with Crippen LogP contribution in [0.25, 0.3) is 0 Å². The third-order valence-corrected chi connectivity index (χ3v) is 6.77. The number of hydrogen-bond donors (Lipinski definition) is 1. The van der Waals surface area contributed by atoms with E-state index in [0.29, 0.717) is 17.9 Å². The zero-order chi connectivity index (χ0) is 16.9. The molecule has 2 saturated carbocycles. The summed E-state index contributed by atoms with van der Waals surface area (Å²) in [6.07, 6.45) is 5.22. The second-order valence-electron chi connectivity index (χ2n) is 8.01. The third kappa shape index (κ3) is 2.44. The molecule has 4 atom stereocenters. The first-order chi connectivity index (χ1) is 12.3. The average molecular weight is 339 g/mol. The highest BCUT2D eigenvalue weighted by Crippen LogP contribution is 2.52. The molecule has 1 aliphatic heterocycles. The minimum atomic E-state index is -0.185. The lowest BCUT2D eigenvalue weighted by atomic mass is 9.72. The van der Waals surface area contributed by atoms with E-state index in [2.05, 4.69) is 35.5 Å². The lowest BCUT2D eigenvalue weighted by Gasteiger charge is -2.37. The lowest BCUT2D eigenvalue weighted by Crippen LogP contribution is -2.44. The summed E-state index contributed by atoms with van der Waals surface area (Å²) in [7, 11) is 0. The molecule has 25 heavy (non-hydrogen) atoms. The van der Waals surface area contributed by atoms with Crippen LogP contribution in [0.3, 0.4) is 0 Å². The molecule has 132 valence electrons. The molecule has 2 aromatic rings. The van der Waals surface area contributed by atoms with E-state index in [-0.39, 0.29) is 5.41 Å². The van der Waals surface area contributed by atoms with Crippen molar-refractivity contribution >= 4 is 0 Å². The van der Waals surface area contributed by atoms with Crippen LogP contribution in [0.15, 0.2) is 34.9 Å². The number of fused-ring (bicyclic) bond motifs is 1. The molecule has 0 amide bonds. The Labute approximate surface area is 147 Å². The highest BCUT2D eigenvalue weighted by molar-refractivity contribution is 5.33. The van der Waals surface area contributed by atoms with Gasteiger partial charge in [0.05, 0.1) is 5.41 Å². The van der Waals surface area contributed by atoms with E-state index in [9.17, 15) is 0 Å². The van der Waals surface area contributed by atoms with Gasteiger partial charge in [-0.05, 0) is 49.5 Å². The minimum absolute atomic E-state index is 0.185. The number of rotatable bonds is 3. The molecular formula is C20H25N3O2. The van der Waals surface area contributed by atoms with Crippen molar-refractivity contribution in [3.05, 3.63) is 47.6 Å². The largest absolute Gasteiger partial charge is 0.381 e. The molecule has 1 unspecified atom stereocenters. The fourth-order valence-electron chi connectivity index (χ4n) is 5.20. The number of nitrogens with two attached hydrogens (primary N) is 1. The van der Waals surface area contributed by atoms with Crippen LogP contribution in [0.2, 0.25) is 0 Å². The normalized spacial score (nSPS) is 33.6. The second kappa shape index (κ2) is 5.92. The summed E-state index contributed by atoms with van der Waals surface area (Å²) >= 11 is 0. The Hall–Kier alpha value is -1.72. The maximum atomic E-state index is 6.14. The maximum Gasteiger partial charge on any atom is 0.229 e. The quantitative estimate of drug-likeness (QED) is 0.930. The van der Waals surface area contributed by atoms with Gasteiger partial charge in [0.25, 0.3) is 0 Å². The van der Waals surface area contributed by atoms with E-state index in [1.807, 2.05) is 0 Å². The van der Waals surface area contributed by atoms with Crippen LogP contribution < -0.4 is 5.73 Å². The van der Waals surface area contributed by atoms with E-state index in [4.69, 9.17) is 20.0 Å². The Kier molecular flexibility index (Phi) is 3.68. The zero-order valence-corrected chi connectivity index (χ0v) is 14.4. The summed E-state index contributed by atoms with van der Waals surface area (Å²) in [5.41, 5.74) is 7.22. The number of nitrogens with zero attached hydrogens (tertiary/aromatic N) is 2. The Balaban J connectivity index is 1.46. The van der Waals surface area contributed by atoms with Gasteiger partial charge in [0, 0.05) is 25.2 Å². The van der Waals surface area contributed by atoms with Gasteiger partial charge in [-0.1, -0.05) is 35.5 Å². The Morgan fingerprint density at radius 2 is 1.84 bits per heavy atom. The monoisotopic (exact) mass is 339 g/mol. The summed E-state index contributed by atoms with van der Waals surface area (Å²) in [5, 5.41) is 4.45. The molecule has 2 aliphatic carbocycles. The first-order valence-corrected chi connectivity index (χ1v) is 9.49. The summed E-state index contributed by atoms with van der Waals surface area (Å²) in [6.45, 7) is 1.47. The van der Waals surface area contributed by atoms with Crippen molar-refractivity contribution in [1.29, 1.82) is 0 Å². The molecule has 3 fully saturated rings. The first kappa shape index (κ1) is 15.5. The van der Waals surface area contributed by atoms with Crippen molar-refractivity contribution < 1.29 is 9.26 Å². The number of aromatic nitrogens is 2. The zero-order valence-electron chi connectivity index (χ0n) is 14.4. The van der Waals surface area contributed by atoms with Crippen LogP contribution in [0.1, 0.15) is 55.3 Å². The van der Waals surface area contributed by atoms with Crippen molar-refractivity contribution in [1.82, 2.24) is 10.1 Å². The first-order valence-electron chi connectivity index (χ1n) is 9.49. The molecule has 5 heteroatoms. The van der Waals surface area contributed by atoms with E-state index >= 15 is 0 Å². The summed E-state index contributed by atoms with van der Waals surface area (Å²) in [4.78, 5) is 4.91. The van der Waals surface area contributed by atoms with Gasteiger partial charge in [-0.3, -0.25) is 0 Å². The minimum Gasteiger partial charge on any atom is -0.381 e. The van der Waals surface area contributed by atoms with Gasteiger partial charge in [0.1, 0.15) is 0 Å². The van der Waals surface area contributed by atoms with Gasteiger partial charge in [-0.15, -0.1) is 0 Å². The summed E-state index contributed by atoms with van der Waals surface area (Å²) < 4.78 is 11.4. The molecule has 5 rings (SSSR count). The molecule has 2 heterocycles. The smallest absolute Gasteiger partial charge is 0.229 e. The number of hydrogen-bond acceptors (Lipinski definition) is 5. The summed E-state index contributed by atoms with van der Waals surface area (Å²) in [6, 6.07) is 11.0. The Morgan fingerprint density at radius 3 is 2.56 bits per heavy atom. The van der Waals surface area contributed by atoms with Crippen LogP contribution in [-0.4, -0.2) is 29.4 Å². The molecule has 1 saturated heterocycles. The topological polar surface area (TPSA) is 74.2 Å². The van der Waals surface area contributed by atoms with Crippen LogP contribution in [0.4, 0.5) is 0 Å². The molecule has 1 aromatic heterocycles. The van der Waals surface area contributed by atoms with Crippen molar-refractivity contribution in [3.63, 3.8) is 0 Å².